The van der Waals surface area contributed by atoms with Gasteiger partial charge in [-0.1, -0.05) is 11.6 Å². The van der Waals surface area contributed by atoms with E-state index in [9.17, 15) is 8.96 Å². The topological polar surface area (TPSA) is 85.9 Å². The van der Waals surface area contributed by atoms with E-state index in [1.807, 2.05) is 20.0 Å². The van der Waals surface area contributed by atoms with Gasteiger partial charge in [0.2, 0.25) is 5.95 Å². The monoisotopic (exact) mass is 613 g/mol. The molecule has 0 spiro atoms. The molecule has 0 unspecified atom stereocenters. The lowest BCUT2D eigenvalue weighted by molar-refractivity contribution is 0.0982. The highest BCUT2D eigenvalue weighted by atomic mass is 35.5. The Morgan fingerprint density at radius 2 is 1.76 bits per heavy atom. The van der Waals surface area contributed by atoms with Crippen molar-refractivity contribution >= 4 is 66.2 Å². The summed E-state index contributed by atoms with van der Waals surface area (Å²) in [6.07, 6.45) is 3.90. The van der Waals surface area contributed by atoms with Crippen molar-refractivity contribution in [2.75, 3.05) is 82.3 Å². The first-order chi connectivity index (χ1) is 20.0. The average Bonchev–Trinajstić information content (AvgIpc) is 2.96. The van der Waals surface area contributed by atoms with Crippen LogP contribution in [0.15, 0.2) is 36.5 Å². The molecule has 2 aliphatic rings. The van der Waals surface area contributed by atoms with E-state index in [1.165, 1.54) is 12.1 Å². The minimum atomic E-state index is -2.75. The number of hydrogen-bond donors (Lipinski definition) is 2. The molecular formula is C29H39BClFN7O2P. The first-order valence-corrected chi connectivity index (χ1v) is 17.3. The van der Waals surface area contributed by atoms with Gasteiger partial charge in [0.25, 0.3) is 0 Å². The van der Waals surface area contributed by atoms with E-state index in [2.05, 4.69) is 42.3 Å². The van der Waals surface area contributed by atoms with Crippen molar-refractivity contribution in [2.45, 2.75) is 18.9 Å². The SMILES string of the molecule is Bc1cnc(Nc2cc(Cl)c(N3CCC(N4CCN(C)CC4)CC3)cc2OC)nc1Nc1ccc(F)cc1P(C)(C)=O. The zero-order valence-electron chi connectivity index (χ0n) is 25.0. The van der Waals surface area contributed by atoms with Gasteiger partial charge >= 0.3 is 0 Å². The molecule has 13 heteroatoms. The Bertz CT molecular complexity index is 1480. The van der Waals surface area contributed by atoms with Gasteiger partial charge in [0, 0.05) is 62.9 Å². The predicted molar refractivity (Wildman–Crippen MR) is 175 cm³/mol. The van der Waals surface area contributed by atoms with E-state index in [1.54, 1.807) is 32.7 Å². The second kappa shape index (κ2) is 12.8. The van der Waals surface area contributed by atoms with Crippen molar-refractivity contribution in [3.8, 4) is 5.75 Å². The van der Waals surface area contributed by atoms with Gasteiger partial charge in [0.15, 0.2) is 0 Å². The smallest absolute Gasteiger partial charge is 0.229 e. The second-order valence-corrected chi connectivity index (χ2v) is 15.1. The molecule has 2 saturated heterocycles. The Balaban J connectivity index is 1.31. The molecule has 2 N–H and O–H groups in total. The molecule has 42 heavy (non-hydrogen) atoms. The molecular weight excluding hydrogens is 575 g/mol. The number of piperazine rings is 1. The summed E-state index contributed by atoms with van der Waals surface area (Å²) < 4.78 is 32.5. The van der Waals surface area contributed by atoms with Crippen molar-refractivity contribution in [3.63, 3.8) is 0 Å². The maximum absolute atomic E-state index is 13.9. The first kappa shape index (κ1) is 30.6. The van der Waals surface area contributed by atoms with E-state index in [4.69, 9.17) is 16.3 Å². The van der Waals surface area contributed by atoms with E-state index in [0.29, 0.717) is 45.3 Å². The summed E-state index contributed by atoms with van der Waals surface area (Å²) >= 11 is 6.83. The fraction of sp³-hybridized carbons (Fsp3) is 0.448. The van der Waals surface area contributed by atoms with Crippen LogP contribution >= 0.6 is 18.7 Å². The van der Waals surface area contributed by atoms with Crippen LogP contribution in [0.1, 0.15) is 12.8 Å². The molecule has 0 radical (unpaired) electrons. The van der Waals surface area contributed by atoms with E-state index in [-0.39, 0.29) is 0 Å². The first-order valence-electron chi connectivity index (χ1n) is 14.3. The fourth-order valence-electron chi connectivity index (χ4n) is 5.64. The number of piperidine rings is 1. The third-order valence-electron chi connectivity index (χ3n) is 8.14. The average molecular weight is 614 g/mol. The van der Waals surface area contributed by atoms with Crippen molar-refractivity contribution < 1.29 is 13.7 Å². The molecule has 224 valence electrons. The van der Waals surface area contributed by atoms with Gasteiger partial charge in [-0.25, -0.2) is 9.37 Å². The van der Waals surface area contributed by atoms with Crippen LogP contribution in [0.2, 0.25) is 5.02 Å². The molecule has 9 nitrogen and oxygen atoms in total. The number of benzene rings is 2. The second-order valence-electron chi connectivity index (χ2n) is 11.5. The van der Waals surface area contributed by atoms with Crippen LogP contribution in [0.3, 0.4) is 0 Å². The Morgan fingerprint density at radius 1 is 1.05 bits per heavy atom. The van der Waals surface area contributed by atoms with Crippen LogP contribution in [0.5, 0.6) is 5.75 Å². The highest BCUT2D eigenvalue weighted by molar-refractivity contribution is 7.70. The maximum atomic E-state index is 13.9. The number of anilines is 5. The summed E-state index contributed by atoms with van der Waals surface area (Å²) in [4.78, 5) is 16.5. The number of nitrogens with zero attached hydrogens (tertiary/aromatic N) is 5. The fourth-order valence-corrected chi connectivity index (χ4v) is 7.07. The Hall–Kier alpha value is -2.85. The summed E-state index contributed by atoms with van der Waals surface area (Å²) in [6, 6.07) is 8.66. The predicted octanol–water partition coefficient (Wildman–Crippen LogP) is 3.49. The van der Waals surface area contributed by atoms with Crippen molar-refractivity contribution in [1.29, 1.82) is 0 Å². The number of likely N-dealkylation sites (N-methyl/N-ethyl adjacent to an activating group) is 1. The minimum Gasteiger partial charge on any atom is -0.494 e. The third-order valence-corrected chi connectivity index (χ3v) is 9.97. The zero-order valence-corrected chi connectivity index (χ0v) is 26.6. The standard InChI is InChI=1S/C29H39BClFN7O2P/c1-37-11-13-38(14-12-37)20-7-9-39(10-8-20)25-17-26(41-2)24(16-22(25)31)35-29-33-18-21(30)28(36-29)34-23-6-5-19(32)15-27(23)42(3,4)40/h5-6,15-18,20H,7-14,30H2,1-4H3,(H2,33,34,35,36). The van der Waals surface area contributed by atoms with Crippen LogP contribution in [0.4, 0.5) is 33.2 Å². The molecule has 2 aliphatic heterocycles. The number of ether oxygens (including phenoxy) is 1. The largest absolute Gasteiger partial charge is 0.494 e. The van der Waals surface area contributed by atoms with Gasteiger partial charge in [0.1, 0.15) is 32.4 Å². The molecule has 0 atom stereocenters. The number of halogens is 2. The van der Waals surface area contributed by atoms with Crippen molar-refractivity contribution in [3.05, 3.63) is 47.4 Å². The summed E-state index contributed by atoms with van der Waals surface area (Å²) in [5, 5.41) is 7.51. The highest BCUT2D eigenvalue weighted by Crippen LogP contribution is 2.40. The highest BCUT2D eigenvalue weighted by Gasteiger charge is 2.28. The molecule has 3 heterocycles. The number of hydrogen-bond acceptors (Lipinski definition) is 9. The van der Waals surface area contributed by atoms with E-state index in [0.717, 1.165) is 63.3 Å². The molecule has 2 aromatic carbocycles. The third kappa shape index (κ3) is 7.02. The van der Waals surface area contributed by atoms with E-state index >= 15 is 0 Å². The maximum Gasteiger partial charge on any atom is 0.229 e. The van der Waals surface area contributed by atoms with Crippen LogP contribution < -0.4 is 31.0 Å². The Labute approximate surface area is 253 Å². The van der Waals surface area contributed by atoms with Crippen LogP contribution in [-0.2, 0) is 4.57 Å². The van der Waals surface area contributed by atoms with E-state index < -0.39 is 13.0 Å². The molecule has 0 bridgehead atoms. The van der Waals surface area contributed by atoms with Crippen molar-refractivity contribution in [1.82, 2.24) is 19.8 Å². The lowest BCUT2D eigenvalue weighted by Crippen LogP contribution is -2.52. The lowest BCUT2D eigenvalue weighted by Gasteiger charge is -2.42. The van der Waals surface area contributed by atoms with Crippen LogP contribution in [0, 0.1) is 5.82 Å². The normalized spacial score (nSPS) is 17.3. The quantitative estimate of drug-likeness (QED) is 0.293. The summed E-state index contributed by atoms with van der Waals surface area (Å²) in [5.41, 5.74) is 2.91. The summed E-state index contributed by atoms with van der Waals surface area (Å²) in [5.74, 6) is 1.04. The molecule has 0 aliphatic carbocycles. The number of methoxy groups -OCH3 is 1. The zero-order chi connectivity index (χ0) is 30.0. The van der Waals surface area contributed by atoms with Gasteiger partial charge in [-0.05, 0) is 62.9 Å². The number of rotatable bonds is 8. The van der Waals surface area contributed by atoms with Gasteiger partial charge in [-0.15, -0.1) is 0 Å². The molecule has 3 aromatic rings. The number of aromatic nitrogens is 2. The number of nitrogens with one attached hydrogen (secondary N) is 2. The summed E-state index contributed by atoms with van der Waals surface area (Å²) in [6.45, 7) is 9.65. The van der Waals surface area contributed by atoms with Crippen LogP contribution in [-0.4, -0.2) is 100 Å². The molecule has 0 saturated carbocycles. The minimum absolute atomic E-state index is 0.332. The lowest BCUT2D eigenvalue weighted by atomic mass is 9.99. The summed E-state index contributed by atoms with van der Waals surface area (Å²) in [7, 11) is 2.94. The van der Waals surface area contributed by atoms with Crippen LogP contribution in [0.25, 0.3) is 0 Å². The van der Waals surface area contributed by atoms with Gasteiger partial charge in [0.05, 0.1) is 29.2 Å². The molecule has 0 amide bonds. The Morgan fingerprint density at radius 3 is 2.43 bits per heavy atom. The van der Waals surface area contributed by atoms with Gasteiger partial charge in [-0.2, -0.15) is 4.98 Å². The molecule has 2 fully saturated rings. The molecule has 5 rings (SSSR count). The Kier molecular flexibility index (Phi) is 9.33. The van der Waals surface area contributed by atoms with Gasteiger partial charge < -0.3 is 29.7 Å². The van der Waals surface area contributed by atoms with Crippen molar-refractivity contribution in [2.24, 2.45) is 0 Å². The van der Waals surface area contributed by atoms with Gasteiger partial charge in [-0.3, -0.25) is 4.90 Å². The molecule has 1 aromatic heterocycles.